The Labute approximate surface area is 152 Å². The van der Waals surface area contributed by atoms with Gasteiger partial charge in [0.15, 0.2) is 12.0 Å². The Morgan fingerprint density at radius 3 is 2.67 bits per heavy atom. The maximum Gasteiger partial charge on any atom is 0.334 e. The molecule has 3 rings (SSSR count). The molecule has 0 saturated heterocycles. The molecule has 0 amide bonds. The minimum Gasteiger partial charge on any atom is -0.508 e. The second-order valence-corrected chi connectivity index (χ2v) is 6.08. The van der Waals surface area contributed by atoms with Gasteiger partial charge in [0.05, 0.1) is 17.9 Å². The van der Waals surface area contributed by atoms with E-state index in [4.69, 9.17) is 9.84 Å². The van der Waals surface area contributed by atoms with Gasteiger partial charge in [0.25, 0.3) is 11.2 Å². The summed E-state index contributed by atoms with van der Waals surface area (Å²) in [4.78, 5) is 35.9. The topological polar surface area (TPSA) is 137 Å². The summed E-state index contributed by atoms with van der Waals surface area (Å²) in [6.07, 6.45) is 0.341. The van der Waals surface area contributed by atoms with Crippen LogP contribution in [0.3, 0.4) is 0 Å². The summed E-state index contributed by atoms with van der Waals surface area (Å²) in [5.41, 5.74) is -1.07. The summed E-state index contributed by atoms with van der Waals surface area (Å²) in [7, 11) is 0. The Balaban J connectivity index is 2.06. The third kappa shape index (κ3) is 3.34. The van der Waals surface area contributed by atoms with Crippen molar-refractivity contribution in [1.82, 2.24) is 9.13 Å². The fourth-order valence-corrected chi connectivity index (χ4v) is 2.93. The van der Waals surface area contributed by atoms with Gasteiger partial charge >= 0.3 is 5.69 Å². The summed E-state index contributed by atoms with van der Waals surface area (Å²) in [6.45, 7) is 0.699. The van der Waals surface area contributed by atoms with Crippen LogP contribution in [-0.4, -0.2) is 30.9 Å². The Hall–Kier alpha value is -3.40. The van der Waals surface area contributed by atoms with Crippen LogP contribution in [0, 0.1) is 17.0 Å². The lowest BCUT2D eigenvalue weighted by Crippen LogP contribution is -2.42. The van der Waals surface area contributed by atoms with E-state index in [1.807, 2.05) is 0 Å². The van der Waals surface area contributed by atoms with Crippen LogP contribution in [0.5, 0.6) is 0 Å². The number of para-hydroxylation sites is 1. The number of nitrogens with zero attached hydrogens (tertiary/aromatic N) is 3. The molecular formula is C17H17N3O7. The van der Waals surface area contributed by atoms with E-state index in [9.17, 15) is 24.8 Å². The van der Waals surface area contributed by atoms with E-state index in [2.05, 4.69) is 0 Å². The number of aliphatic hydroxyl groups excluding tert-OH is 2. The second-order valence-electron chi connectivity index (χ2n) is 6.08. The molecule has 0 bridgehead atoms. The minimum atomic E-state index is -0.920. The molecule has 0 saturated carbocycles. The predicted octanol–water partition coefficient (Wildman–Crippen LogP) is 0.956. The first kappa shape index (κ1) is 18.4. The van der Waals surface area contributed by atoms with Gasteiger partial charge in [-0.3, -0.25) is 24.0 Å². The average Bonchev–Trinajstić information content (AvgIpc) is 3.02. The minimum absolute atomic E-state index is 0.0407. The normalized spacial score (nSPS) is 16.4. The molecule has 1 aliphatic heterocycles. The molecule has 10 nitrogen and oxygen atoms in total. The van der Waals surface area contributed by atoms with Gasteiger partial charge in [0.1, 0.15) is 12.4 Å². The molecular weight excluding hydrogens is 358 g/mol. The van der Waals surface area contributed by atoms with Crippen molar-refractivity contribution in [2.45, 2.75) is 26.1 Å². The second kappa shape index (κ2) is 7.08. The molecule has 2 heterocycles. The number of aliphatic hydroxyl groups is 2. The van der Waals surface area contributed by atoms with Gasteiger partial charge in [-0.15, -0.1) is 0 Å². The van der Waals surface area contributed by atoms with E-state index >= 15 is 0 Å². The van der Waals surface area contributed by atoms with Gasteiger partial charge in [0, 0.05) is 23.4 Å². The lowest BCUT2D eigenvalue weighted by Gasteiger charge is -2.17. The molecule has 142 valence electrons. The zero-order valence-corrected chi connectivity index (χ0v) is 14.4. The van der Waals surface area contributed by atoms with Crippen LogP contribution in [0.25, 0.3) is 0 Å². The number of hydrogen-bond donors (Lipinski definition) is 2. The molecule has 2 aromatic rings. The van der Waals surface area contributed by atoms with E-state index < -0.39 is 29.0 Å². The highest BCUT2D eigenvalue weighted by Crippen LogP contribution is 2.29. The van der Waals surface area contributed by atoms with Crippen molar-refractivity contribution >= 4 is 5.69 Å². The number of aryl methyl sites for hydroxylation is 1. The van der Waals surface area contributed by atoms with Gasteiger partial charge < -0.3 is 14.9 Å². The molecule has 0 radical (unpaired) electrons. The van der Waals surface area contributed by atoms with Crippen molar-refractivity contribution in [3.63, 3.8) is 0 Å². The number of benzene rings is 1. The number of hydrogen-bond acceptors (Lipinski definition) is 7. The lowest BCUT2D eigenvalue weighted by molar-refractivity contribution is -0.385. The Bertz CT molecular complexity index is 1050. The molecule has 1 aliphatic rings. The largest absolute Gasteiger partial charge is 0.508 e. The fourth-order valence-electron chi connectivity index (χ4n) is 2.93. The Kier molecular flexibility index (Phi) is 4.82. The van der Waals surface area contributed by atoms with E-state index in [0.29, 0.717) is 0 Å². The predicted molar refractivity (Wildman–Crippen MR) is 93.4 cm³/mol. The van der Waals surface area contributed by atoms with Gasteiger partial charge in [-0.1, -0.05) is 18.2 Å². The first-order valence-electron chi connectivity index (χ1n) is 8.07. The monoisotopic (exact) mass is 375 g/mol. The number of nitro groups is 1. The third-order valence-electron chi connectivity index (χ3n) is 4.31. The van der Waals surface area contributed by atoms with E-state index in [1.165, 1.54) is 31.3 Å². The Morgan fingerprint density at radius 2 is 2.04 bits per heavy atom. The van der Waals surface area contributed by atoms with Crippen LogP contribution in [0.4, 0.5) is 5.69 Å². The van der Waals surface area contributed by atoms with Crippen molar-refractivity contribution in [2.24, 2.45) is 0 Å². The standard InChI is InChI=1S/C17H17N3O7/c1-10-7-18(15-6-13(22)14(9-21)27-15)17(24)19(16(10)23)8-11-4-2-3-5-12(11)20(25)26/h2-5,7,15,21-22H,6,8-9H2,1H3. The zero-order chi connectivity index (χ0) is 19.7. The van der Waals surface area contributed by atoms with Crippen LogP contribution in [0.15, 0.2) is 51.6 Å². The first-order chi connectivity index (χ1) is 12.8. The van der Waals surface area contributed by atoms with E-state index in [1.54, 1.807) is 6.07 Å². The van der Waals surface area contributed by atoms with E-state index in [-0.39, 0.29) is 41.3 Å². The number of nitro benzene ring substituents is 1. The summed E-state index contributed by atoms with van der Waals surface area (Å²) >= 11 is 0. The summed E-state index contributed by atoms with van der Waals surface area (Å²) in [6, 6.07) is 5.84. The summed E-state index contributed by atoms with van der Waals surface area (Å²) < 4.78 is 7.38. The van der Waals surface area contributed by atoms with Gasteiger partial charge in [-0.05, 0) is 6.92 Å². The van der Waals surface area contributed by atoms with Crippen LogP contribution >= 0.6 is 0 Å². The highest BCUT2D eigenvalue weighted by Gasteiger charge is 2.28. The molecule has 1 unspecified atom stereocenters. The van der Waals surface area contributed by atoms with E-state index in [0.717, 1.165) is 9.13 Å². The molecule has 0 spiro atoms. The summed E-state index contributed by atoms with van der Waals surface area (Å²) in [5, 5.41) is 30.1. The number of rotatable bonds is 5. The van der Waals surface area contributed by atoms with Crippen molar-refractivity contribution in [1.29, 1.82) is 0 Å². The van der Waals surface area contributed by atoms with Crippen molar-refractivity contribution in [3.05, 3.63) is 84.1 Å². The molecule has 1 aromatic carbocycles. The van der Waals surface area contributed by atoms with Crippen LogP contribution in [0.2, 0.25) is 0 Å². The van der Waals surface area contributed by atoms with Crippen LogP contribution < -0.4 is 11.2 Å². The smallest absolute Gasteiger partial charge is 0.334 e. The summed E-state index contributed by atoms with van der Waals surface area (Å²) in [5.74, 6) is -0.218. The maximum atomic E-state index is 12.8. The highest BCUT2D eigenvalue weighted by atomic mass is 16.6. The average molecular weight is 375 g/mol. The molecule has 27 heavy (non-hydrogen) atoms. The SMILES string of the molecule is Cc1cn(C2CC(O)=C(CO)O2)c(=O)n(Cc2ccccc2[N+](=O)[O-])c1=O. The molecule has 1 atom stereocenters. The number of aromatic nitrogens is 2. The zero-order valence-electron chi connectivity index (χ0n) is 14.4. The molecule has 0 aliphatic carbocycles. The first-order valence-corrected chi connectivity index (χ1v) is 8.07. The van der Waals surface area contributed by atoms with Crippen LogP contribution in [0.1, 0.15) is 23.8 Å². The van der Waals surface area contributed by atoms with Crippen LogP contribution in [-0.2, 0) is 11.3 Å². The van der Waals surface area contributed by atoms with Gasteiger partial charge in [0.2, 0.25) is 0 Å². The van der Waals surface area contributed by atoms with Crippen molar-refractivity contribution in [3.8, 4) is 0 Å². The molecule has 10 heteroatoms. The lowest BCUT2D eigenvalue weighted by atomic mass is 10.2. The van der Waals surface area contributed by atoms with Crippen molar-refractivity contribution in [2.75, 3.05) is 6.61 Å². The van der Waals surface area contributed by atoms with Crippen molar-refractivity contribution < 1.29 is 19.9 Å². The fraction of sp³-hybridized carbons (Fsp3) is 0.294. The third-order valence-corrected chi connectivity index (χ3v) is 4.31. The Morgan fingerprint density at radius 1 is 1.33 bits per heavy atom. The molecule has 0 fully saturated rings. The maximum absolute atomic E-state index is 12.8. The van der Waals surface area contributed by atoms with Gasteiger partial charge in [-0.2, -0.15) is 0 Å². The quantitative estimate of drug-likeness (QED) is 0.586. The van der Waals surface area contributed by atoms with Gasteiger partial charge in [-0.25, -0.2) is 4.79 Å². The molecule has 1 aromatic heterocycles. The molecule has 2 N–H and O–H groups in total. The number of ether oxygens (including phenoxy) is 1. The highest BCUT2D eigenvalue weighted by molar-refractivity contribution is 5.39.